The summed E-state index contributed by atoms with van der Waals surface area (Å²) < 4.78 is 217. The van der Waals surface area contributed by atoms with Crippen LogP contribution < -0.4 is 0 Å². The van der Waals surface area contributed by atoms with Crippen molar-refractivity contribution in [3.05, 3.63) is 120 Å². The van der Waals surface area contributed by atoms with Crippen molar-refractivity contribution in [1.29, 1.82) is 0 Å². The van der Waals surface area contributed by atoms with Gasteiger partial charge in [-0.25, -0.2) is 0 Å². The Morgan fingerprint density at radius 3 is 1.20 bits per heavy atom. The number of halogens is 15. The van der Waals surface area contributed by atoms with E-state index in [0.29, 0.717) is 33.5 Å². The second kappa shape index (κ2) is 13.6. The summed E-state index contributed by atoms with van der Waals surface area (Å²) in [5.41, 5.74) is 6.15. The SMILES string of the molecule is Cc1ccc(-c2ccc3c(c2)oc2ccc4c(ccc5oc6cc(-c7ccc(CCC(F)(F)C(F)(F)C(F)(F)C(F)(F)C(F)(F)C(F)(F)C(F)(F)F)cc7)ccc6c54)c23)cc1. The average molecular weight is 871 g/mol. The molecule has 2 heterocycles. The third kappa shape index (κ3) is 6.19. The van der Waals surface area contributed by atoms with Crippen molar-refractivity contribution in [2.45, 2.75) is 61.5 Å². The molecule has 0 aliphatic rings. The number of alkyl halides is 15. The Kier molecular flexibility index (Phi) is 9.31. The van der Waals surface area contributed by atoms with E-state index >= 15 is 0 Å². The highest BCUT2D eigenvalue weighted by Crippen LogP contribution is 2.63. The van der Waals surface area contributed by atoms with Crippen LogP contribution in [0, 0.1) is 6.92 Å². The number of hydrogen-bond acceptors (Lipinski definition) is 2. The summed E-state index contributed by atoms with van der Waals surface area (Å²) in [6, 6.07) is 31.5. The minimum absolute atomic E-state index is 0.274. The normalized spacial score (nSPS) is 14.0. The van der Waals surface area contributed by atoms with Gasteiger partial charge in [0, 0.05) is 28.0 Å². The van der Waals surface area contributed by atoms with Gasteiger partial charge in [-0.2, -0.15) is 65.9 Å². The van der Waals surface area contributed by atoms with E-state index in [1.807, 2.05) is 73.7 Å². The van der Waals surface area contributed by atoms with Crippen LogP contribution in [0.4, 0.5) is 65.9 Å². The highest BCUT2D eigenvalue weighted by Gasteiger charge is 2.93. The van der Waals surface area contributed by atoms with Crippen LogP contribution in [-0.2, 0) is 6.42 Å². The summed E-state index contributed by atoms with van der Waals surface area (Å²) in [7, 11) is 0. The van der Waals surface area contributed by atoms with Crippen LogP contribution in [-0.4, -0.2) is 41.7 Å². The van der Waals surface area contributed by atoms with Gasteiger partial charge in [-0.05, 0) is 100 Å². The van der Waals surface area contributed by atoms with E-state index in [2.05, 4.69) is 0 Å². The first-order valence-electron chi connectivity index (χ1n) is 18.0. The molecule has 2 aromatic heterocycles. The second-order valence-electron chi connectivity index (χ2n) is 14.7. The number of fused-ring (bicyclic) bond motifs is 9. The van der Waals surface area contributed by atoms with Crippen molar-refractivity contribution in [3.63, 3.8) is 0 Å². The molecule has 0 fully saturated rings. The van der Waals surface area contributed by atoms with Crippen molar-refractivity contribution >= 4 is 54.6 Å². The predicted molar refractivity (Wildman–Crippen MR) is 198 cm³/mol. The summed E-state index contributed by atoms with van der Waals surface area (Å²) >= 11 is 0. The van der Waals surface area contributed by atoms with Crippen LogP contribution in [0.25, 0.3) is 76.9 Å². The Balaban J connectivity index is 1.04. The molecular weight excluding hydrogens is 845 g/mol. The Labute approximate surface area is 333 Å². The number of aryl methyl sites for hydroxylation is 2. The Bertz CT molecular complexity index is 2980. The fourth-order valence-electron chi connectivity index (χ4n) is 7.38. The molecular formula is C44H25F15O2. The molecule has 2 nitrogen and oxygen atoms in total. The largest absolute Gasteiger partial charge is 0.460 e. The molecule has 0 aliphatic carbocycles. The van der Waals surface area contributed by atoms with Gasteiger partial charge in [0.25, 0.3) is 0 Å². The molecule has 0 saturated heterocycles. The van der Waals surface area contributed by atoms with Crippen LogP contribution in [0.2, 0.25) is 0 Å². The second-order valence-corrected chi connectivity index (χ2v) is 14.7. The average Bonchev–Trinajstić information content (AvgIpc) is 3.77. The van der Waals surface area contributed by atoms with Gasteiger partial charge in [0.1, 0.15) is 22.3 Å². The summed E-state index contributed by atoms with van der Waals surface area (Å²) in [6.45, 7) is 2.01. The van der Waals surface area contributed by atoms with E-state index in [-0.39, 0.29) is 5.56 Å². The lowest BCUT2D eigenvalue weighted by Gasteiger charge is -2.41. The van der Waals surface area contributed by atoms with Gasteiger partial charge in [-0.3, -0.25) is 0 Å². The number of furan rings is 2. The van der Waals surface area contributed by atoms with E-state index in [4.69, 9.17) is 8.83 Å². The van der Waals surface area contributed by atoms with Crippen LogP contribution in [0.1, 0.15) is 17.5 Å². The van der Waals surface area contributed by atoms with Crippen molar-refractivity contribution < 1.29 is 74.7 Å². The van der Waals surface area contributed by atoms with E-state index in [0.717, 1.165) is 61.1 Å². The van der Waals surface area contributed by atoms with E-state index in [1.54, 1.807) is 18.2 Å². The first kappa shape index (κ1) is 41.8. The molecule has 0 amide bonds. The molecule has 61 heavy (non-hydrogen) atoms. The molecule has 0 unspecified atom stereocenters. The van der Waals surface area contributed by atoms with Gasteiger partial charge in [0.15, 0.2) is 0 Å². The minimum atomic E-state index is -8.31. The van der Waals surface area contributed by atoms with Crippen molar-refractivity contribution in [3.8, 4) is 22.3 Å². The Morgan fingerprint density at radius 1 is 0.377 bits per heavy atom. The summed E-state index contributed by atoms with van der Waals surface area (Å²) in [5.74, 6) is -46.5. The van der Waals surface area contributed by atoms with Crippen molar-refractivity contribution in [2.75, 3.05) is 0 Å². The highest BCUT2D eigenvalue weighted by atomic mass is 19.4. The Morgan fingerprint density at radius 2 is 0.754 bits per heavy atom. The van der Waals surface area contributed by atoms with Gasteiger partial charge in [-0.1, -0.05) is 66.2 Å². The molecule has 0 atom stereocenters. The van der Waals surface area contributed by atoms with Crippen molar-refractivity contribution in [2.24, 2.45) is 0 Å². The first-order chi connectivity index (χ1) is 28.3. The topological polar surface area (TPSA) is 26.3 Å². The maximum atomic E-state index is 14.5. The molecule has 8 rings (SSSR count). The van der Waals surface area contributed by atoms with Gasteiger partial charge < -0.3 is 8.83 Å². The molecule has 0 radical (unpaired) electrons. The molecule has 17 heteroatoms. The summed E-state index contributed by atoms with van der Waals surface area (Å²) in [5, 5.41) is 5.08. The maximum Gasteiger partial charge on any atom is 0.460 e. The molecule has 0 spiro atoms. The van der Waals surface area contributed by atoms with Gasteiger partial charge in [0.2, 0.25) is 0 Å². The van der Waals surface area contributed by atoms with Crippen molar-refractivity contribution in [1.82, 2.24) is 0 Å². The minimum Gasteiger partial charge on any atom is -0.456 e. The van der Waals surface area contributed by atoms with Gasteiger partial charge in [0.05, 0.1) is 0 Å². The number of hydrogen-bond donors (Lipinski definition) is 0. The fourth-order valence-corrected chi connectivity index (χ4v) is 7.38. The monoisotopic (exact) mass is 870 g/mol. The van der Waals surface area contributed by atoms with Gasteiger partial charge in [-0.15, -0.1) is 0 Å². The van der Waals surface area contributed by atoms with Crippen LogP contribution in [0.5, 0.6) is 0 Å². The van der Waals surface area contributed by atoms with Gasteiger partial charge >= 0.3 is 41.7 Å². The third-order valence-electron chi connectivity index (χ3n) is 10.9. The molecule has 0 N–H and O–H groups in total. The standard InChI is InChI=1S/C44H25F15O2/c1-22-2-6-24(7-3-22)26-10-12-30-34(20-26)60-32-16-14-29-28(36(30)32)15-17-33-37(29)31-13-11-27(21-35(31)61-33)25-8-4-23(5-9-25)18-19-38(45,46)39(47,48)40(49,50)41(51,52)42(53,54)43(55,56)44(57,58)59/h2-17,20-21H,18-19H2,1H3. The smallest absolute Gasteiger partial charge is 0.456 e. The lowest BCUT2D eigenvalue weighted by molar-refractivity contribution is -0.452. The number of rotatable bonds is 10. The third-order valence-corrected chi connectivity index (χ3v) is 10.9. The van der Waals surface area contributed by atoms with E-state index in [1.165, 1.54) is 12.1 Å². The molecule has 0 aliphatic heterocycles. The maximum absolute atomic E-state index is 14.5. The fraction of sp³-hybridized carbons (Fsp3) is 0.227. The summed E-state index contributed by atoms with van der Waals surface area (Å²) in [4.78, 5) is 0. The van der Waals surface area contributed by atoms with Crippen LogP contribution in [0.3, 0.4) is 0 Å². The van der Waals surface area contributed by atoms with E-state index in [9.17, 15) is 65.9 Å². The molecule has 8 aromatic rings. The highest BCUT2D eigenvalue weighted by molar-refractivity contribution is 6.27. The lowest BCUT2D eigenvalue weighted by atomic mass is 9.89. The molecule has 0 saturated carbocycles. The Hall–Kier alpha value is -5.87. The zero-order valence-electron chi connectivity index (χ0n) is 30.8. The van der Waals surface area contributed by atoms with Crippen LogP contribution >= 0.6 is 0 Å². The first-order valence-corrected chi connectivity index (χ1v) is 18.0. The predicted octanol–water partition coefficient (Wildman–Crippen LogP) is 15.6. The quantitative estimate of drug-likeness (QED) is 0.128. The lowest BCUT2D eigenvalue weighted by Crippen LogP contribution is -2.72. The molecule has 318 valence electrons. The number of benzene rings is 6. The zero-order chi connectivity index (χ0) is 44.3. The molecule has 0 bridgehead atoms. The zero-order valence-corrected chi connectivity index (χ0v) is 30.8. The summed E-state index contributed by atoms with van der Waals surface area (Å²) in [6.07, 6.45) is -11.4. The van der Waals surface area contributed by atoms with Crippen LogP contribution in [0.15, 0.2) is 118 Å². The molecule has 6 aromatic carbocycles. The van der Waals surface area contributed by atoms with E-state index < -0.39 is 54.6 Å².